The predicted molar refractivity (Wildman–Crippen MR) is 72.3 cm³/mol. The lowest BCUT2D eigenvalue weighted by Gasteiger charge is -2.10. The van der Waals surface area contributed by atoms with Crippen molar-refractivity contribution in [3.63, 3.8) is 0 Å². The molecule has 0 unspecified atom stereocenters. The normalized spacial score (nSPS) is 10.2. The molecule has 0 aliphatic heterocycles. The molecule has 94 valence electrons. The first-order valence-corrected chi connectivity index (χ1v) is 5.86. The van der Waals surface area contributed by atoms with E-state index in [2.05, 4.69) is 21.4 Å². The van der Waals surface area contributed by atoms with Crippen LogP contribution in [0.5, 0.6) is 11.6 Å². The van der Waals surface area contributed by atoms with E-state index in [1.54, 1.807) is 13.2 Å². The number of anilines is 1. The predicted octanol–water partition coefficient (Wildman–Crippen LogP) is 3.24. The van der Waals surface area contributed by atoms with Gasteiger partial charge in [0, 0.05) is 18.8 Å². The summed E-state index contributed by atoms with van der Waals surface area (Å²) in [5.74, 6) is 1.94. The maximum atomic E-state index is 5.82. The Hall–Kier alpha value is -2.10. The van der Waals surface area contributed by atoms with E-state index in [-0.39, 0.29) is 0 Å². The van der Waals surface area contributed by atoms with Gasteiger partial charge in [0.15, 0.2) is 0 Å². The Morgan fingerprint density at radius 3 is 2.33 bits per heavy atom. The highest BCUT2D eigenvalue weighted by molar-refractivity contribution is 5.38. The molecule has 0 aliphatic carbocycles. The highest BCUT2D eigenvalue weighted by Gasteiger charge is 2.06. The summed E-state index contributed by atoms with van der Waals surface area (Å²) >= 11 is 0. The Balaban J connectivity index is 2.33. The molecule has 0 atom stereocenters. The highest BCUT2D eigenvalue weighted by Crippen LogP contribution is 2.25. The largest absolute Gasteiger partial charge is 0.439 e. The molecule has 0 saturated carbocycles. The topological polar surface area (TPSA) is 47.0 Å². The summed E-state index contributed by atoms with van der Waals surface area (Å²) in [6.07, 6.45) is 1.75. The van der Waals surface area contributed by atoms with E-state index >= 15 is 0 Å². The van der Waals surface area contributed by atoms with Crippen molar-refractivity contribution in [2.45, 2.75) is 20.8 Å². The van der Waals surface area contributed by atoms with Gasteiger partial charge in [-0.05, 0) is 44.0 Å². The summed E-state index contributed by atoms with van der Waals surface area (Å²) in [7, 11) is 1.78. The molecule has 1 N–H and O–H groups in total. The van der Waals surface area contributed by atoms with Gasteiger partial charge in [0.1, 0.15) is 5.75 Å². The first-order chi connectivity index (χ1) is 8.58. The first-order valence-electron chi connectivity index (χ1n) is 5.86. The van der Waals surface area contributed by atoms with Gasteiger partial charge in [-0.15, -0.1) is 0 Å². The van der Waals surface area contributed by atoms with Crippen molar-refractivity contribution in [3.8, 4) is 11.6 Å². The molecule has 0 fully saturated rings. The second kappa shape index (κ2) is 5.04. The molecule has 0 amide bonds. The molecule has 0 saturated heterocycles. The summed E-state index contributed by atoms with van der Waals surface area (Å²) in [5.41, 5.74) is 3.25. The fraction of sp³-hybridized carbons (Fsp3) is 0.286. The number of nitrogens with zero attached hydrogens (tertiary/aromatic N) is 2. The van der Waals surface area contributed by atoms with Gasteiger partial charge in [-0.2, -0.15) is 4.98 Å². The fourth-order valence-corrected chi connectivity index (χ4v) is 1.75. The van der Waals surface area contributed by atoms with Crippen LogP contribution in [0.2, 0.25) is 0 Å². The lowest BCUT2D eigenvalue weighted by Crippen LogP contribution is -1.99. The summed E-state index contributed by atoms with van der Waals surface area (Å²) in [5, 5.41) is 2.90. The minimum absolute atomic E-state index is 0.556. The van der Waals surface area contributed by atoms with Gasteiger partial charge in [-0.1, -0.05) is 6.07 Å². The molecule has 1 aromatic heterocycles. The lowest BCUT2D eigenvalue weighted by molar-refractivity contribution is 0.457. The number of benzene rings is 1. The molecule has 0 aliphatic rings. The Morgan fingerprint density at radius 2 is 1.72 bits per heavy atom. The van der Waals surface area contributed by atoms with Crippen molar-refractivity contribution in [1.82, 2.24) is 9.97 Å². The third kappa shape index (κ3) is 2.77. The minimum Gasteiger partial charge on any atom is -0.439 e. The zero-order valence-electron chi connectivity index (χ0n) is 11.1. The van der Waals surface area contributed by atoms with Gasteiger partial charge in [0.25, 0.3) is 0 Å². The van der Waals surface area contributed by atoms with Crippen LogP contribution in [0.15, 0.2) is 24.4 Å². The number of nitrogens with one attached hydrogen (secondary N) is 1. The van der Waals surface area contributed by atoms with E-state index < -0.39 is 0 Å². The molecule has 0 radical (unpaired) electrons. The lowest BCUT2D eigenvalue weighted by atomic mass is 10.1. The Bertz CT molecular complexity index is 547. The maximum Gasteiger partial charge on any atom is 0.226 e. The third-order valence-corrected chi connectivity index (χ3v) is 2.56. The van der Waals surface area contributed by atoms with Gasteiger partial charge < -0.3 is 10.1 Å². The van der Waals surface area contributed by atoms with E-state index in [0.29, 0.717) is 11.8 Å². The van der Waals surface area contributed by atoms with Crippen LogP contribution in [0.1, 0.15) is 16.7 Å². The zero-order valence-corrected chi connectivity index (χ0v) is 11.1. The van der Waals surface area contributed by atoms with E-state index in [0.717, 1.165) is 11.3 Å². The molecular formula is C14H17N3O. The standard InChI is InChI=1S/C14H17N3O/c1-9-5-10(2)7-12(6-9)18-13-11(3)8-16-14(15-4)17-13/h5-8H,1-4H3,(H,15,16,17). The van der Waals surface area contributed by atoms with Crippen LogP contribution in [0, 0.1) is 20.8 Å². The summed E-state index contributed by atoms with van der Waals surface area (Å²) in [4.78, 5) is 8.43. The van der Waals surface area contributed by atoms with E-state index in [4.69, 9.17) is 4.74 Å². The van der Waals surface area contributed by atoms with Crippen molar-refractivity contribution in [1.29, 1.82) is 0 Å². The quantitative estimate of drug-likeness (QED) is 0.899. The number of ether oxygens (including phenoxy) is 1. The molecule has 1 aromatic carbocycles. The molecular weight excluding hydrogens is 226 g/mol. The smallest absolute Gasteiger partial charge is 0.226 e. The third-order valence-electron chi connectivity index (χ3n) is 2.56. The van der Waals surface area contributed by atoms with E-state index in [1.807, 2.05) is 32.9 Å². The average Bonchev–Trinajstić information content (AvgIpc) is 2.30. The molecule has 2 aromatic rings. The maximum absolute atomic E-state index is 5.82. The first kappa shape index (κ1) is 12.4. The second-order valence-electron chi connectivity index (χ2n) is 4.36. The molecule has 4 nitrogen and oxygen atoms in total. The number of hydrogen-bond donors (Lipinski definition) is 1. The summed E-state index contributed by atoms with van der Waals surface area (Å²) in [6.45, 7) is 6.02. The van der Waals surface area contributed by atoms with Crippen molar-refractivity contribution < 1.29 is 4.74 Å². The summed E-state index contributed by atoms with van der Waals surface area (Å²) in [6, 6.07) is 6.10. The molecule has 0 spiro atoms. The number of rotatable bonds is 3. The van der Waals surface area contributed by atoms with E-state index in [1.165, 1.54) is 11.1 Å². The second-order valence-corrected chi connectivity index (χ2v) is 4.36. The summed E-state index contributed by atoms with van der Waals surface area (Å²) < 4.78 is 5.82. The number of hydrogen-bond acceptors (Lipinski definition) is 4. The number of aromatic nitrogens is 2. The molecule has 18 heavy (non-hydrogen) atoms. The van der Waals surface area contributed by atoms with Gasteiger partial charge in [-0.25, -0.2) is 4.98 Å². The van der Waals surface area contributed by atoms with Crippen LogP contribution in [0.3, 0.4) is 0 Å². The minimum atomic E-state index is 0.556. The molecule has 1 heterocycles. The van der Waals surface area contributed by atoms with Crippen molar-refractivity contribution in [2.24, 2.45) is 0 Å². The van der Waals surface area contributed by atoms with Crippen LogP contribution in [-0.2, 0) is 0 Å². The Kier molecular flexibility index (Phi) is 3.46. The molecule has 4 heteroatoms. The van der Waals surface area contributed by atoms with Gasteiger partial charge >= 0.3 is 0 Å². The average molecular weight is 243 g/mol. The van der Waals surface area contributed by atoms with Crippen molar-refractivity contribution in [2.75, 3.05) is 12.4 Å². The highest BCUT2D eigenvalue weighted by atomic mass is 16.5. The SMILES string of the molecule is CNc1ncc(C)c(Oc2cc(C)cc(C)c2)n1. The van der Waals surface area contributed by atoms with Crippen LogP contribution < -0.4 is 10.1 Å². The Labute approximate surface area is 107 Å². The van der Waals surface area contributed by atoms with E-state index in [9.17, 15) is 0 Å². The van der Waals surface area contributed by atoms with Gasteiger partial charge in [0.05, 0.1) is 0 Å². The zero-order chi connectivity index (χ0) is 13.1. The van der Waals surface area contributed by atoms with Crippen molar-refractivity contribution in [3.05, 3.63) is 41.1 Å². The van der Waals surface area contributed by atoms with Gasteiger partial charge in [0.2, 0.25) is 11.8 Å². The van der Waals surface area contributed by atoms with Crippen LogP contribution in [-0.4, -0.2) is 17.0 Å². The van der Waals surface area contributed by atoms with Crippen LogP contribution >= 0.6 is 0 Å². The monoisotopic (exact) mass is 243 g/mol. The molecule has 0 bridgehead atoms. The molecule has 2 rings (SSSR count). The van der Waals surface area contributed by atoms with Crippen LogP contribution in [0.4, 0.5) is 5.95 Å². The fourth-order valence-electron chi connectivity index (χ4n) is 1.75. The van der Waals surface area contributed by atoms with Crippen molar-refractivity contribution >= 4 is 5.95 Å². The number of aryl methyl sites for hydroxylation is 3. The van der Waals surface area contributed by atoms with Gasteiger partial charge in [-0.3, -0.25) is 0 Å². The van der Waals surface area contributed by atoms with Crippen LogP contribution in [0.25, 0.3) is 0 Å². The Morgan fingerprint density at radius 1 is 1.06 bits per heavy atom.